The fourth-order valence-electron chi connectivity index (χ4n) is 4.84. The number of aromatic hydroxyl groups is 1. The molecule has 1 spiro atoms. The van der Waals surface area contributed by atoms with Crippen molar-refractivity contribution in [3.05, 3.63) is 57.6 Å². The lowest BCUT2D eigenvalue weighted by Gasteiger charge is -2.29. The van der Waals surface area contributed by atoms with Gasteiger partial charge in [-0.05, 0) is 73.9 Å². The van der Waals surface area contributed by atoms with Crippen molar-refractivity contribution >= 4 is 5.97 Å². The maximum absolute atomic E-state index is 11.6. The first-order chi connectivity index (χ1) is 11.4. The van der Waals surface area contributed by atoms with Crippen LogP contribution in [0.5, 0.6) is 11.5 Å². The molecule has 0 saturated heterocycles. The summed E-state index contributed by atoms with van der Waals surface area (Å²) in [5.41, 5.74) is 6.96. The van der Waals surface area contributed by atoms with Crippen molar-refractivity contribution in [2.45, 2.75) is 51.9 Å². The minimum absolute atomic E-state index is 0.225. The van der Waals surface area contributed by atoms with Crippen LogP contribution in [-0.4, -0.2) is 11.1 Å². The molecule has 1 unspecified atom stereocenters. The van der Waals surface area contributed by atoms with Gasteiger partial charge in [-0.25, -0.2) is 0 Å². The van der Waals surface area contributed by atoms with E-state index in [1.807, 2.05) is 18.2 Å². The number of hydrogen-bond acceptors (Lipinski definition) is 3. The number of ether oxygens (including phenoxy) is 1. The van der Waals surface area contributed by atoms with Crippen molar-refractivity contribution < 1.29 is 14.6 Å². The highest BCUT2D eigenvalue weighted by Gasteiger charge is 2.49. The minimum atomic E-state index is -0.296. The average Bonchev–Trinajstić information content (AvgIpc) is 3.11. The third kappa shape index (κ3) is 1.94. The number of carbonyl (C=O) groups excluding carboxylic acids is 1. The molecule has 3 nitrogen and oxygen atoms in total. The van der Waals surface area contributed by atoms with Gasteiger partial charge >= 0.3 is 5.97 Å². The second-order valence-electron chi connectivity index (χ2n) is 7.17. The Balaban J connectivity index is 2.01. The van der Waals surface area contributed by atoms with Gasteiger partial charge in [0.15, 0.2) is 0 Å². The second-order valence-corrected chi connectivity index (χ2v) is 7.17. The molecule has 0 heterocycles. The first-order valence-electron chi connectivity index (χ1n) is 8.57. The molecule has 3 heteroatoms. The van der Waals surface area contributed by atoms with Crippen molar-refractivity contribution in [2.24, 2.45) is 0 Å². The Bertz CT molecular complexity index is 862. The van der Waals surface area contributed by atoms with E-state index < -0.39 is 0 Å². The van der Waals surface area contributed by atoms with Crippen LogP contribution in [0.4, 0.5) is 0 Å². The number of rotatable bonds is 1. The summed E-state index contributed by atoms with van der Waals surface area (Å²) in [5, 5.41) is 10.6. The van der Waals surface area contributed by atoms with Gasteiger partial charge in [-0.1, -0.05) is 12.1 Å². The standard InChI is InChI=1S/C21H22O3/c1-12-4-6-17(23)19-15(12)8-10-21(19)11-9-16-13(2)5-7-18(20(16)21)24-14(3)22/h4-7,23H,8-11H2,1-3H3. The predicted molar refractivity (Wildman–Crippen MR) is 92.8 cm³/mol. The van der Waals surface area contributed by atoms with E-state index in [4.69, 9.17) is 4.74 Å². The largest absolute Gasteiger partial charge is 0.508 e. The van der Waals surface area contributed by atoms with Crippen molar-refractivity contribution in [3.8, 4) is 11.5 Å². The van der Waals surface area contributed by atoms with Gasteiger partial charge in [0, 0.05) is 23.5 Å². The van der Waals surface area contributed by atoms with Crippen LogP contribution < -0.4 is 4.74 Å². The van der Waals surface area contributed by atoms with E-state index in [0.29, 0.717) is 11.5 Å². The first-order valence-corrected chi connectivity index (χ1v) is 8.57. The topological polar surface area (TPSA) is 46.5 Å². The highest BCUT2D eigenvalue weighted by Crippen LogP contribution is 2.58. The third-order valence-electron chi connectivity index (χ3n) is 5.85. The third-order valence-corrected chi connectivity index (χ3v) is 5.85. The zero-order valence-corrected chi connectivity index (χ0v) is 14.4. The normalized spacial score (nSPS) is 21.0. The predicted octanol–water partition coefficient (Wildman–Crippen LogP) is 4.11. The number of hydrogen-bond donors (Lipinski definition) is 1. The second kappa shape index (κ2) is 5.10. The number of fused-ring (bicyclic) bond motifs is 4. The van der Waals surface area contributed by atoms with Crippen LogP contribution in [0.15, 0.2) is 24.3 Å². The van der Waals surface area contributed by atoms with Crippen LogP contribution in [0, 0.1) is 13.8 Å². The van der Waals surface area contributed by atoms with Crippen LogP contribution in [-0.2, 0) is 23.1 Å². The van der Waals surface area contributed by atoms with E-state index in [9.17, 15) is 9.90 Å². The molecule has 124 valence electrons. The number of esters is 1. The highest BCUT2D eigenvalue weighted by atomic mass is 16.5. The van der Waals surface area contributed by atoms with Gasteiger partial charge in [-0.15, -0.1) is 0 Å². The van der Waals surface area contributed by atoms with Gasteiger partial charge in [0.05, 0.1) is 0 Å². The number of phenolic OH excluding ortho intramolecular Hbond substituents is 1. The monoisotopic (exact) mass is 322 g/mol. The maximum Gasteiger partial charge on any atom is 0.308 e. The molecule has 2 aromatic rings. The Hall–Kier alpha value is -2.29. The van der Waals surface area contributed by atoms with Gasteiger partial charge in [0.25, 0.3) is 0 Å². The quantitative estimate of drug-likeness (QED) is 0.635. The lowest BCUT2D eigenvalue weighted by Crippen LogP contribution is -2.23. The van der Waals surface area contributed by atoms with E-state index in [1.54, 1.807) is 6.07 Å². The molecule has 0 bridgehead atoms. The summed E-state index contributed by atoms with van der Waals surface area (Å²) < 4.78 is 5.56. The minimum Gasteiger partial charge on any atom is -0.508 e. The summed E-state index contributed by atoms with van der Waals surface area (Å²) in [5.74, 6) is 0.736. The summed E-state index contributed by atoms with van der Waals surface area (Å²) in [4.78, 5) is 11.6. The fraction of sp³-hybridized carbons (Fsp3) is 0.381. The molecule has 0 amide bonds. The Labute approximate surface area is 142 Å². The fourth-order valence-corrected chi connectivity index (χ4v) is 4.84. The molecule has 4 rings (SSSR count). The number of benzene rings is 2. The van der Waals surface area contributed by atoms with Gasteiger partial charge in [-0.2, -0.15) is 0 Å². The van der Waals surface area contributed by atoms with Crippen LogP contribution in [0.1, 0.15) is 53.1 Å². The van der Waals surface area contributed by atoms with Gasteiger partial charge in [0.2, 0.25) is 0 Å². The van der Waals surface area contributed by atoms with Crippen molar-refractivity contribution in [1.29, 1.82) is 0 Å². The zero-order chi connectivity index (χ0) is 17.1. The van der Waals surface area contributed by atoms with E-state index >= 15 is 0 Å². The van der Waals surface area contributed by atoms with E-state index in [2.05, 4.69) is 13.8 Å². The summed E-state index contributed by atoms with van der Waals surface area (Å²) in [6.07, 6.45) is 3.85. The maximum atomic E-state index is 11.6. The highest BCUT2D eigenvalue weighted by molar-refractivity contribution is 5.72. The van der Waals surface area contributed by atoms with Gasteiger partial charge < -0.3 is 9.84 Å². The van der Waals surface area contributed by atoms with Crippen LogP contribution >= 0.6 is 0 Å². The Morgan fingerprint density at radius 1 is 1.00 bits per heavy atom. The summed E-state index contributed by atoms with van der Waals surface area (Å²) in [7, 11) is 0. The molecule has 2 aliphatic carbocycles. The lowest BCUT2D eigenvalue weighted by atomic mass is 9.75. The Morgan fingerprint density at radius 2 is 1.58 bits per heavy atom. The SMILES string of the molecule is CC(=O)Oc1ccc(C)c2c1C1(CCc3c(C)ccc(O)c31)CC2. The molecule has 0 aliphatic heterocycles. The van der Waals surface area contributed by atoms with Crippen molar-refractivity contribution in [1.82, 2.24) is 0 Å². The lowest BCUT2D eigenvalue weighted by molar-refractivity contribution is -0.131. The molecule has 2 aromatic carbocycles. The molecular formula is C21H22O3. The molecule has 0 radical (unpaired) electrons. The summed E-state index contributed by atoms with van der Waals surface area (Å²) >= 11 is 0. The summed E-state index contributed by atoms with van der Waals surface area (Å²) in [6, 6.07) is 7.74. The molecule has 1 N–H and O–H groups in total. The molecular weight excluding hydrogens is 300 g/mol. The van der Waals surface area contributed by atoms with Crippen molar-refractivity contribution in [2.75, 3.05) is 0 Å². The van der Waals surface area contributed by atoms with E-state index in [0.717, 1.165) is 36.8 Å². The zero-order valence-electron chi connectivity index (χ0n) is 14.4. The van der Waals surface area contributed by atoms with Gasteiger partial charge in [-0.3, -0.25) is 4.79 Å². The van der Waals surface area contributed by atoms with Crippen LogP contribution in [0.3, 0.4) is 0 Å². The number of phenols is 1. The summed E-state index contributed by atoms with van der Waals surface area (Å²) in [6.45, 7) is 5.66. The van der Waals surface area contributed by atoms with E-state index in [1.165, 1.54) is 29.2 Å². The van der Waals surface area contributed by atoms with Crippen LogP contribution in [0.2, 0.25) is 0 Å². The smallest absolute Gasteiger partial charge is 0.308 e. The number of aryl methyl sites for hydroxylation is 2. The molecule has 24 heavy (non-hydrogen) atoms. The molecule has 0 saturated carbocycles. The molecule has 0 aromatic heterocycles. The average molecular weight is 322 g/mol. The Kier molecular flexibility index (Phi) is 3.24. The van der Waals surface area contributed by atoms with E-state index in [-0.39, 0.29) is 11.4 Å². The molecule has 2 aliphatic rings. The molecule has 0 fully saturated rings. The molecule has 1 atom stereocenters. The number of carbonyl (C=O) groups is 1. The van der Waals surface area contributed by atoms with Gasteiger partial charge in [0.1, 0.15) is 11.5 Å². The van der Waals surface area contributed by atoms with Crippen molar-refractivity contribution in [3.63, 3.8) is 0 Å². The first kappa shape index (κ1) is 15.3. The van der Waals surface area contributed by atoms with Crippen LogP contribution in [0.25, 0.3) is 0 Å². The Morgan fingerprint density at radius 3 is 2.21 bits per heavy atom.